The van der Waals surface area contributed by atoms with Crippen molar-refractivity contribution in [3.05, 3.63) is 34.9 Å². The van der Waals surface area contributed by atoms with Crippen LogP contribution in [0.15, 0.2) is 18.2 Å². The average Bonchev–Trinajstić information content (AvgIpc) is 2.80. The van der Waals surface area contributed by atoms with Crippen molar-refractivity contribution in [2.45, 2.75) is 174 Å². The highest BCUT2D eigenvalue weighted by atomic mass is 15.0. The minimum atomic E-state index is 0.165. The predicted molar refractivity (Wildman–Crippen MR) is 170 cm³/mol. The first-order valence-electron chi connectivity index (χ1n) is 16.4. The molecule has 0 amide bonds. The van der Waals surface area contributed by atoms with Gasteiger partial charge in [0.2, 0.25) is 0 Å². The summed E-state index contributed by atoms with van der Waals surface area (Å²) in [6.45, 7) is 28.9. The van der Waals surface area contributed by atoms with E-state index in [2.05, 4.69) is 117 Å². The summed E-state index contributed by atoms with van der Waals surface area (Å²) in [7, 11) is 0. The van der Waals surface area contributed by atoms with E-state index in [1.807, 2.05) is 0 Å². The van der Waals surface area contributed by atoms with Crippen LogP contribution < -0.4 is 16.0 Å². The second-order valence-corrected chi connectivity index (χ2v) is 16.9. The molecule has 0 bridgehead atoms. The second kappa shape index (κ2) is 11.4. The normalized spacial score (nSPS) is 34.5. The zero-order chi connectivity index (χ0) is 28.9. The van der Waals surface area contributed by atoms with Gasteiger partial charge in [-0.1, -0.05) is 59.7 Å². The van der Waals surface area contributed by atoms with Crippen molar-refractivity contribution in [3.63, 3.8) is 0 Å². The maximum atomic E-state index is 4.01. The number of hydrogen-bond donors (Lipinski definition) is 3. The van der Waals surface area contributed by atoms with Crippen LogP contribution in [0.3, 0.4) is 0 Å². The van der Waals surface area contributed by atoms with E-state index in [0.717, 1.165) is 0 Å². The van der Waals surface area contributed by atoms with Crippen molar-refractivity contribution in [2.75, 3.05) is 0 Å². The average molecular weight is 538 g/mol. The zero-order valence-electron chi connectivity index (χ0n) is 27.7. The van der Waals surface area contributed by atoms with Crippen molar-refractivity contribution >= 4 is 0 Å². The van der Waals surface area contributed by atoms with Crippen LogP contribution in [0.25, 0.3) is 0 Å². The fraction of sp³-hybridized carbons (Fsp3) is 0.833. The molecule has 3 fully saturated rings. The summed E-state index contributed by atoms with van der Waals surface area (Å²) in [5.74, 6) is 3.84. The van der Waals surface area contributed by atoms with E-state index in [4.69, 9.17) is 0 Å². The fourth-order valence-electron chi connectivity index (χ4n) is 8.49. The van der Waals surface area contributed by atoms with E-state index >= 15 is 0 Å². The first-order chi connectivity index (χ1) is 18.0. The van der Waals surface area contributed by atoms with E-state index in [1.165, 1.54) is 38.5 Å². The molecule has 3 heteroatoms. The number of rotatable bonds is 6. The van der Waals surface area contributed by atoms with Crippen LogP contribution >= 0.6 is 0 Å². The van der Waals surface area contributed by atoms with Crippen LogP contribution in [0.4, 0.5) is 0 Å². The van der Waals surface area contributed by atoms with Gasteiger partial charge in [0.05, 0.1) is 0 Å². The Balaban J connectivity index is 1.77. The number of hydrogen-bond acceptors (Lipinski definition) is 3. The van der Waals surface area contributed by atoms with Crippen LogP contribution in [-0.4, -0.2) is 34.7 Å². The molecule has 0 aromatic heterocycles. The summed E-state index contributed by atoms with van der Waals surface area (Å²) < 4.78 is 0. The lowest BCUT2D eigenvalue weighted by molar-refractivity contribution is 0.176. The SMILES string of the molecule is CC(C)C1CC(c2ccc(C3CC(C(C)C)NC(C)(C)C3)c(C3CC(C(C)C)NC(C)(C)C3)c2)CC(C)(C)N1. The minimum Gasteiger partial charge on any atom is -0.309 e. The Morgan fingerprint density at radius 1 is 0.538 bits per heavy atom. The topological polar surface area (TPSA) is 36.1 Å². The molecule has 3 heterocycles. The van der Waals surface area contributed by atoms with Gasteiger partial charge in [0.15, 0.2) is 0 Å². The maximum Gasteiger partial charge on any atom is 0.0133 e. The Bertz CT molecular complexity index is 972. The minimum absolute atomic E-state index is 0.165. The Kier molecular flexibility index (Phi) is 9.08. The molecule has 1 aromatic rings. The van der Waals surface area contributed by atoms with Gasteiger partial charge in [0.25, 0.3) is 0 Å². The highest BCUT2D eigenvalue weighted by Crippen LogP contribution is 2.46. The summed E-state index contributed by atoms with van der Waals surface area (Å²) >= 11 is 0. The molecule has 3 aliphatic rings. The number of benzene rings is 1. The van der Waals surface area contributed by atoms with Gasteiger partial charge in [-0.15, -0.1) is 0 Å². The molecule has 3 aliphatic heterocycles. The van der Waals surface area contributed by atoms with Crippen molar-refractivity contribution in [3.8, 4) is 0 Å². The van der Waals surface area contributed by atoms with Gasteiger partial charge in [0.1, 0.15) is 0 Å². The van der Waals surface area contributed by atoms with Gasteiger partial charge >= 0.3 is 0 Å². The third-order valence-electron chi connectivity index (χ3n) is 10.5. The molecule has 0 saturated carbocycles. The van der Waals surface area contributed by atoms with Crippen LogP contribution in [0.2, 0.25) is 0 Å². The molecule has 222 valence electrons. The molecule has 6 atom stereocenters. The molecule has 3 N–H and O–H groups in total. The van der Waals surface area contributed by atoms with E-state index in [-0.39, 0.29) is 16.6 Å². The molecule has 4 rings (SSSR count). The third kappa shape index (κ3) is 7.49. The summed E-state index contributed by atoms with van der Waals surface area (Å²) in [6, 6.07) is 9.62. The van der Waals surface area contributed by atoms with E-state index in [9.17, 15) is 0 Å². The highest BCUT2D eigenvalue weighted by molar-refractivity contribution is 5.41. The summed E-state index contributed by atoms with van der Waals surface area (Å²) in [6.07, 6.45) is 7.43. The molecule has 1 aromatic carbocycles. The predicted octanol–water partition coefficient (Wildman–Crippen LogP) is 8.50. The largest absolute Gasteiger partial charge is 0.309 e. The van der Waals surface area contributed by atoms with E-state index < -0.39 is 0 Å². The van der Waals surface area contributed by atoms with Gasteiger partial charge < -0.3 is 16.0 Å². The van der Waals surface area contributed by atoms with Crippen molar-refractivity contribution in [1.82, 2.24) is 16.0 Å². The van der Waals surface area contributed by atoms with Crippen LogP contribution in [0.1, 0.15) is 156 Å². The molecule has 0 aliphatic carbocycles. The molecule has 6 unspecified atom stereocenters. The Labute approximate surface area is 242 Å². The molecule has 0 radical (unpaired) electrons. The summed E-state index contributed by atoms with van der Waals surface area (Å²) in [5.41, 5.74) is 5.47. The number of nitrogens with one attached hydrogen (secondary N) is 3. The van der Waals surface area contributed by atoms with Gasteiger partial charge in [-0.2, -0.15) is 0 Å². The van der Waals surface area contributed by atoms with E-state index in [0.29, 0.717) is 53.6 Å². The molecule has 39 heavy (non-hydrogen) atoms. The second-order valence-electron chi connectivity index (χ2n) is 16.9. The molecule has 3 saturated heterocycles. The molecule has 0 spiro atoms. The van der Waals surface area contributed by atoms with Gasteiger partial charge in [-0.3, -0.25) is 0 Å². The van der Waals surface area contributed by atoms with E-state index in [1.54, 1.807) is 16.7 Å². The summed E-state index contributed by atoms with van der Waals surface area (Å²) in [5, 5.41) is 12.0. The first kappa shape index (κ1) is 31.0. The third-order valence-corrected chi connectivity index (χ3v) is 10.5. The zero-order valence-corrected chi connectivity index (χ0v) is 27.7. The lowest BCUT2D eigenvalue weighted by atomic mass is 9.68. The first-order valence-corrected chi connectivity index (χ1v) is 16.4. The van der Waals surface area contributed by atoms with Crippen molar-refractivity contribution < 1.29 is 0 Å². The molecule has 3 nitrogen and oxygen atoms in total. The van der Waals surface area contributed by atoms with Gasteiger partial charge in [0, 0.05) is 34.7 Å². The Morgan fingerprint density at radius 2 is 0.897 bits per heavy atom. The maximum absolute atomic E-state index is 4.01. The highest BCUT2D eigenvalue weighted by Gasteiger charge is 2.41. The van der Waals surface area contributed by atoms with Crippen LogP contribution in [0, 0.1) is 17.8 Å². The van der Waals surface area contributed by atoms with Gasteiger partial charge in [-0.25, -0.2) is 0 Å². The van der Waals surface area contributed by atoms with Crippen molar-refractivity contribution in [2.24, 2.45) is 17.8 Å². The Morgan fingerprint density at radius 3 is 1.31 bits per heavy atom. The smallest absolute Gasteiger partial charge is 0.0133 e. The Hall–Kier alpha value is -0.900. The fourth-order valence-corrected chi connectivity index (χ4v) is 8.49. The molecular weight excluding hydrogens is 474 g/mol. The monoisotopic (exact) mass is 538 g/mol. The van der Waals surface area contributed by atoms with Gasteiger partial charge in [-0.05, 0) is 132 Å². The van der Waals surface area contributed by atoms with Crippen LogP contribution in [0.5, 0.6) is 0 Å². The van der Waals surface area contributed by atoms with Crippen LogP contribution in [-0.2, 0) is 0 Å². The molecular formula is C36H63N3. The summed E-state index contributed by atoms with van der Waals surface area (Å²) in [4.78, 5) is 0. The number of piperidine rings is 3. The quantitative estimate of drug-likeness (QED) is 0.340. The standard InChI is InChI=1S/C36H63N3/c1-22(2)31-16-26(19-34(7,8)37-31)25-13-14-29(27-17-32(23(3)4)38-35(9,10)20-27)30(15-25)28-18-33(24(5)6)39-36(11,12)21-28/h13-15,22-24,26-28,31-33,37-39H,16-21H2,1-12H3. The lowest BCUT2D eigenvalue weighted by Gasteiger charge is -2.47. The lowest BCUT2D eigenvalue weighted by Crippen LogP contribution is -2.54. The van der Waals surface area contributed by atoms with Crippen molar-refractivity contribution in [1.29, 1.82) is 0 Å².